The van der Waals surface area contributed by atoms with Crippen molar-refractivity contribution < 1.29 is 33.7 Å². The van der Waals surface area contributed by atoms with E-state index >= 15 is 0 Å². The maximum Gasteiger partial charge on any atom is 0.342 e. The van der Waals surface area contributed by atoms with E-state index in [1.807, 2.05) is 10.9 Å². The van der Waals surface area contributed by atoms with Crippen LogP contribution in [0.2, 0.25) is 0 Å². The molecule has 25 heavy (non-hydrogen) atoms. The molecule has 2 amide bonds. The van der Waals surface area contributed by atoms with E-state index in [4.69, 9.17) is 5.11 Å². The van der Waals surface area contributed by atoms with E-state index < -0.39 is 36.0 Å². The molecule has 2 aromatic rings. The van der Waals surface area contributed by atoms with E-state index in [2.05, 4.69) is 4.74 Å². The molecule has 0 aromatic heterocycles. The zero-order valence-electron chi connectivity index (χ0n) is 12.7. The highest BCUT2D eigenvalue weighted by molar-refractivity contribution is 5.96. The second-order valence-corrected chi connectivity index (χ2v) is 4.76. The maximum absolute atomic E-state index is 13.4. The van der Waals surface area contributed by atoms with Gasteiger partial charge in [-0.1, -0.05) is 12.1 Å². The van der Waals surface area contributed by atoms with Crippen LogP contribution in [-0.4, -0.2) is 34.6 Å². The highest BCUT2D eigenvalue weighted by Gasteiger charge is 2.16. The van der Waals surface area contributed by atoms with Gasteiger partial charge in [0.05, 0.1) is 5.56 Å². The van der Waals surface area contributed by atoms with Crippen molar-refractivity contribution in [3.63, 3.8) is 0 Å². The van der Waals surface area contributed by atoms with Crippen molar-refractivity contribution >= 4 is 17.8 Å². The van der Waals surface area contributed by atoms with Crippen LogP contribution in [0.4, 0.5) is 4.39 Å². The van der Waals surface area contributed by atoms with Gasteiger partial charge in [0.25, 0.3) is 11.8 Å². The molecule has 2 aromatic carbocycles. The number of phenols is 2. The molecule has 0 saturated heterocycles. The van der Waals surface area contributed by atoms with Crippen LogP contribution >= 0.6 is 0 Å². The molecule has 2 rings (SSSR count). The number of esters is 1. The van der Waals surface area contributed by atoms with Crippen LogP contribution in [0.5, 0.6) is 11.5 Å². The molecule has 0 aliphatic heterocycles. The molecule has 0 atom stereocenters. The minimum atomic E-state index is -1.01. The second-order valence-electron chi connectivity index (χ2n) is 4.76. The minimum Gasteiger partial charge on any atom is -0.508 e. The maximum atomic E-state index is 13.4. The van der Waals surface area contributed by atoms with E-state index in [-0.39, 0.29) is 16.9 Å². The fourth-order valence-corrected chi connectivity index (χ4v) is 1.78. The standard InChI is InChI=1S/C16H13FN2O6/c17-12-4-2-1-3-10(12)15(23)19-18-14(22)8-25-16(24)11-6-5-9(20)7-13(11)21/h1-7,20-21H,8H2,(H,18,22)(H,19,23). The van der Waals surface area contributed by atoms with Crippen LogP contribution in [0, 0.1) is 5.82 Å². The van der Waals surface area contributed by atoms with Crippen LogP contribution < -0.4 is 10.9 Å². The minimum absolute atomic E-state index is 0.248. The van der Waals surface area contributed by atoms with E-state index in [1.165, 1.54) is 18.2 Å². The predicted octanol–water partition coefficient (Wildman–Crippen LogP) is 0.855. The SMILES string of the molecule is O=C(COC(=O)c1ccc(O)cc1O)NNC(=O)c1ccccc1F. The summed E-state index contributed by atoms with van der Waals surface area (Å²) in [6.45, 7) is -0.753. The Balaban J connectivity index is 1.83. The summed E-state index contributed by atoms with van der Waals surface area (Å²) in [5, 5.41) is 18.6. The molecular weight excluding hydrogens is 335 g/mol. The average Bonchev–Trinajstić information content (AvgIpc) is 2.58. The van der Waals surface area contributed by atoms with Gasteiger partial charge in [0.15, 0.2) is 6.61 Å². The Morgan fingerprint density at radius 2 is 1.72 bits per heavy atom. The topological polar surface area (TPSA) is 125 Å². The molecule has 130 valence electrons. The van der Waals surface area contributed by atoms with Crippen LogP contribution in [0.3, 0.4) is 0 Å². The summed E-state index contributed by atoms with van der Waals surface area (Å²) in [4.78, 5) is 34.9. The molecule has 0 radical (unpaired) electrons. The van der Waals surface area contributed by atoms with Crippen molar-refractivity contribution in [3.05, 3.63) is 59.4 Å². The van der Waals surface area contributed by atoms with Crippen molar-refractivity contribution in [2.45, 2.75) is 0 Å². The summed E-state index contributed by atoms with van der Waals surface area (Å²) in [5.41, 5.74) is 3.40. The number of hydrogen-bond acceptors (Lipinski definition) is 6. The summed E-state index contributed by atoms with van der Waals surface area (Å²) in [6, 6.07) is 8.38. The number of nitrogens with one attached hydrogen (secondary N) is 2. The number of carbonyl (C=O) groups is 3. The van der Waals surface area contributed by atoms with Crippen LogP contribution in [-0.2, 0) is 9.53 Å². The van der Waals surface area contributed by atoms with Gasteiger partial charge >= 0.3 is 5.97 Å². The molecule has 4 N–H and O–H groups in total. The highest BCUT2D eigenvalue weighted by atomic mass is 19.1. The van der Waals surface area contributed by atoms with E-state index in [1.54, 1.807) is 0 Å². The first-order valence-electron chi connectivity index (χ1n) is 6.91. The molecule has 0 fully saturated rings. The first-order chi connectivity index (χ1) is 11.9. The number of benzene rings is 2. The number of carbonyl (C=O) groups excluding carboxylic acids is 3. The number of hydrogen-bond donors (Lipinski definition) is 4. The summed E-state index contributed by atoms with van der Waals surface area (Å²) in [5.74, 6) is -4.29. The molecule has 0 bridgehead atoms. The Morgan fingerprint density at radius 1 is 1.00 bits per heavy atom. The van der Waals surface area contributed by atoms with Crippen molar-refractivity contribution in [1.82, 2.24) is 10.9 Å². The smallest absolute Gasteiger partial charge is 0.342 e. The lowest BCUT2D eigenvalue weighted by Crippen LogP contribution is -2.43. The Morgan fingerprint density at radius 3 is 2.40 bits per heavy atom. The Kier molecular flexibility index (Phi) is 5.51. The van der Waals surface area contributed by atoms with Gasteiger partial charge in [-0.2, -0.15) is 0 Å². The second kappa shape index (κ2) is 7.77. The van der Waals surface area contributed by atoms with Gasteiger partial charge in [-0.05, 0) is 24.3 Å². The monoisotopic (exact) mass is 348 g/mol. The largest absolute Gasteiger partial charge is 0.508 e. The third kappa shape index (κ3) is 4.67. The third-order valence-electron chi connectivity index (χ3n) is 2.97. The lowest BCUT2D eigenvalue weighted by atomic mass is 10.2. The lowest BCUT2D eigenvalue weighted by Gasteiger charge is -2.09. The summed E-state index contributed by atoms with van der Waals surface area (Å²) >= 11 is 0. The highest BCUT2D eigenvalue weighted by Crippen LogP contribution is 2.23. The average molecular weight is 348 g/mol. The van der Waals surface area contributed by atoms with Gasteiger partial charge in [0.2, 0.25) is 0 Å². The fraction of sp³-hybridized carbons (Fsp3) is 0.0625. The lowest BCUT2D eigenvalue weighted by molar-refractivity contribution is -0.125. The Bertz CT molecular complexity index is 824. The molecule has 8 nitrogen and oxygen atoms in total. The molecule has 0 saturated carbocycles. The number of amides is 2. The quantitative estimate of drug-likeness (QED) is 0.480. The van der Waals surface area contributed by atoms with Crippen molar-refractivity contribution in [2.24, 2.45) is 0 Å². The zero-order chi connectivity index (χ0) is 18.4. The molecular formula is C16H13FN2O6. The van der Waals surface area contributed by atoms with Gasteiger partial charge in [-0.15, -0.1) is 0 Å². The number of rotatable bonds is 4. The van der Waals surface area contributed by atoms with E-state index in [0.29, 0.717) is 0 Å². The number of hydrazine groups is 1. The molecule has 9 heteroatoms. The van der Waals surface area contributed by atoms with Crippen LogP contribution in [0.1, 0.15) is 20.7 Å². The van der Waals surface area contributed by atoms with Crippen LogP contribution in [0.25, 0.3) is 0 Å². The van der Waals surface area contributed by atoms with Crippen molar-refractivity contribution in [2.75, 3.05) is 6.61 Å². The summed E-state index contributed by atoms with van der Waals surface area (Å²) < 4.78 is 18.0. The van der Waals surface area contributed by atoms with E-state index in [0.717, 1.165) is 24.3 Å². The molecule has 0 unspecified atom stereocenters. The first kappa shape index (κ1) is 17.7. The van der Waals surface area contributed by atoms with Gasteiger partial charge in [0.1, 0.15) is 22.9 Å². The molecule has 0 aliphatic carbocycles. The molecule has 0 spiro atoms. The predicted molar refractivity (Wildman–Crippen MR) is 82.1 cm³/mol. The Hall–Kier alpha value is -3.62. The van der Waals surface area contributed by atoms with Crippen molar-refractivity contribution in [3.8, 4) is 11.5 Å². The van der Waals surface area contributed by atoms with Gasteiger partial charge < -0.3 is 14.9 Å². The van der Waals surface area contributed by atoms with Gasteiger partial charge in [0, 0.05) is 6.07 Å². The first-order valence-corrected chi connectivity index (χ1v) is 6.91. The zero-order valence-corrected chi connectivity index (χ0v) is 12.7. The normalized spacial score (nSPS) is 9.96. The number of aromatic hydroxyl groups is 2. The summed E-state index contributed by atoms with van der Waals surface area (Å²) in [7, 11) is 0. The van der Waals surface area contributed by atoms with E-state index in [9.17, 15) is 23.9 Å². The van der Waals surface area contributed by atoms with Crippen molar-refractivity contribution in [1.29, 1.82) is 0 Å². The van der Waals surface area contributed by atoms with Gasteiger partial charge in [-0.25, -0.2) is 9.18 Å². The number of phenolic OH excluding ortho intramolecular Hbond substituents is 2. The molecule has 0 aliphatic rings. The van der Waals surface area contributed by atoms with Crippen LogP contribution in [0.15, 0.2) is 42.5 Å². The number of ether oxygens (including phenoxy) is 1. The fourth-order valence-electron chi connectivity index (χ4n) is 1.78. The third-order valence-corrected chi connectivity index (χ3v) is 2.97. The molecule has 0 heterocycles. The summed E-state index contributed by atoms with van der Waals surface area (Å²) in [6.07, 6.45) is 0. The van der Waals surface area contributed by atoms with Gasteiger partial charge in [-0.3, -0.25) is 20.4 Å². The number of halogens is 1. The Labute approximate surface area is 140 Å².